The van der Waals surface area contributed by atoms with Crippen LogP contribution in [0.15, 0.2) is 33.7 Å². The number of benzene rings is 1. The molecule has 1 aliphatic heterocycles. The van der Waals surface area contributed by atoms with Crippen LogP contribution in [0.3, 0.4) is 0 Å². The maximum absolute atomic E-state index is 11.7. The second-order valence-electron chi connectivity index (χ2n) is 7.68. The summed E-state index contributed by atoms with van der Waals surface area (Å²) >= 11 is 3.54. The maximum Gasteiger partial charge on any atom is 0.308 e. The number of aliphatic imine (C=N–C) groups is 1. The molecule has 3 rings (SSSR count). The van der Waals surface area contributed by atoms with E-state index in [9.17, 15) is 4.79 Å². The molecule has 1 saturated heterocycles. The lowest BCUT2D eigenvalue weighted by Crippen LogP contribution is -2.49. The Morgan fingerprint density at radius 2 is 1.89 bits per heavy atom. The number of ether oxygens (including phenoxy) is 1. The lowest BCUT2D eigenvalue weighted by atomic mass is 9.79. The summed E-state index contributed by atoms with van der Waals surface area (Å²) in [5.74, 6) is 0.882. The van der Waals surface area contributed by atoms with Crippen molar-refractivity contribution in [1.29, 1.82) is 0 Å². The van der Waals surface area contributed by atoms with Gasteiger partial charge in [-0.15, -0.1) is 0 Å². The summed E-state index contributed by atoms with van der Waals surface area (Å²) in [6, 6.07) is 8.78. The molecule has 0 aromatic heterocycles. The van der Waals surface area contributed by atoms with Gasteiger partial charge in [-0.2, -0.15) is 0 Å². The molecule has 2 fully saturated rings. The lowest BCUT2D eigenvalue weighted by Gasteiger charge is -2.36. The van der Waals surface area contributed by atoms with Crippen molar-refractivity contribution in [2.75, 3.05) is 33.8 Å². The highest BCUT2D eigenvalue weighted by molar-refractivity contribution is 9.10. The van der Waals surface area contributed by atoms with Gasteiger partial charge in [0, 0.05) is 36.6 Å². The Bertz CT molecular complexity index is 661. The maximum atomic E-state index is 11.7. The quantitative estimate of drug-likeness (QED) is 0.444. The first kappa shape index (κ1) is 20.2. The molecule has 1 N–H and O–H groups in total. The predicted octanol–water partition coefficient (Wildman–Crippen LogP) is 3.72. The number of hydrogen-bond acceptors (Lipinski definition) is 3. The van der Waals surface area contributed by atoms with Gasteiger partial charge in [-0.3, -0.25) is 9.79 Å². The van der Waals surface area contributed by atoms with Crippen LogP contribution in [0.4, 0.5) is 0 Å². The minimum Gasteiger partial charge on any atom is -0.469 e. The number of carbonyl (C=O) groups is 1. The highest BCUT2D eigenvalue weighted by Crippen LogP contribution is 2.41. The van der Waals surface area contributed by atoms with E-state index in [-0.39, 0.29) is 17.3 Å². The third kappa shape index (κ3) is 4.65. The molecule has 27 heavy (non-hydrogen) atoms. The molecule has 1 heterocycles. The topological polar surface area (TPSA) is 53.9 Å². The SMILES string of the molecule is CN=C(NCC1(c2ccc(Br)cc2)CCCC1)N1CCC(C(=O)OC)CC1. The van der Waals surface area contributed by atoms with Crippen molar-refractivity contribution in [3.05, 3.63) is 34.3 Å². The number of rotatable bonds is 4. The highest BCUT2D eigenvalue weighted by Gasteiger charge is 2.36. The molecular weight excluding hydrogens is 406 g/mol. The van der Waals surface area contributed by atoms with Crippen LogP contribution in [0.1, 0.15) is 44.1 Å². The minimum atomic E-state index is -0.0854. The molecule has 0 radical (unpaired) electrons. The van der Waals surface area contributed by atoms with E-state index in [0.29, 0.717) is 0 Å². The van der Waals surface area contributed by atoms with Gasteiger partial charge in [0.1, 0.15) is 0 Å². The molecule has 1 saturated carbocycles. The predicted molar refractivity (Wildman–Crippen MR) is 112 cm³/mol. The summed E-state index contributed by atoms with van der Waals surface area (Å²) in [5.41, 5.74) is 1.59. The van der Waals surface area contributed by atoms with Crippen LogP contribution in [0, 0.1) is 5.92 Å². The zero-order chi connectivity index (χ0) is 19.3. The number of hydrogen-bond donors (Lipinski definition) is 1. The van der Waals surface area contributed by atoms with E-state index in [0.717, 1.165) is 42.9 Å². The van der Waals surface area contributed by atoms with Crippen LogP contribution in [0.25, 0.3) is 0 Å². The van der Waals surface area contributed by atoms with Crippen molar-refractivity contribution < 1.29 is 9.53 Å². The summed E-state index contributed by atoms with van der Waals surface area (Å²) in [5, 5.41) is 3.64. The monoisotopic (exact) mass is 435 g/mol. The molecular formula is C21H30BrN3O2. The summed E-state index contributed by atoms with van der Waals surface area (Å²) in [6.07, 6.45) is 6.63. The zero-order valence-electron chi connectivity index (χ0n) is 16.3. The molecule has 148 valence electrons. The minimum absolute atomic E-state index is 0.0216. The average molecular weight is 436 g/mol. The fourth-order valence-electron chi connectivity index (χ4n) is 4.50. The van der Waals surface area contributed by atoms with E-state index in [2.05, 4.69) is 55.4 Å². The van der Waals surface area contributed by atoms with Gasteiger partial charge in [-0.05, 0) is 43.4 Å². The highest BCUT2D eigenvalue weighted by atomic mass is 79.9. The van der Waals surface area contributed by atoms with E-state index in [1.807, 2.05) is 7.05 Å². The lowest BCUT2D eigenvalue weighted by molar-refractivity contribution is -0.146. The van der Waals surface area contributed by atoms with Crippen molar-refractivity contribution in [1.82, 2.24) is 10.2 Å². The van der Waals surface area contributed by atoms with Crippen molar-refractivity contribution in [2.24, 2.45) is 10.9 Å². The second-order valence-corrected chi connectivity index (χ2v) is 8.60. The molecule has 0 amide bonds. The van der Waals surface area contributed by atoms with Crippen molar-refractivity contribution >= 4 is 27.9 Å². The van der Waals surface area contributed by atoms with Gasteiger partial charge in [0.2, 0.25) is 0 Å². The van der Waals surface area contributed by atoms with Crippen molar-refractivity contribution in [3.63, 3.8) is 0 Å². The summed E-state index contributed by atoms with van der Waals surface area (Å²) in [4.78, 5) is 18.5. The molecule has 5 nitrogen and oxygen atoms in total. The number of nitrogens with one attached hydrogen (secondary N) is 1. The van der Waals surface area contributed by atoms with Gasteiger partial charge >= 0.3 is 5.97 Å². The molecule has 6 heteroatoms. The standard InChI is InChI=1S/C21H30BrN3O2/c1-23-20(25-13-9-16(10-14-25)19(26)27-2)24-15-21(11-3-4-12-21)17-5-7-18(22)8-6-17/h5-8,16H,3-4,9-15H2,1-2H3,(H,23,24). The van der Waals surface area contributed by atoms with E-state index in [1.165, 1.54) is 38.4 Å². The first-order valence-electron chi connectivity index (χ1n) is 9.87. The van der Waals surface area contributed by atoms with Crippen LogP contribution in [0.2, 0.25) is 0 Å². The molecule has 1 aliphatic carbocycles. The van der Waals surface area contributed by atoms with E-state index >= 15 is 0 Å². The first-order valence-corrected chi connectivity index (χ1v) is 10.7. The number of esters is 1. The van der Waals surface area contributed by atoms with E-state index in [1.54, 1.807) is 0 Å². The summed E-state index contributed by atoms with van der Waals surface area (Å²) < 4.78 is 6.01. The first-order chi connectivity index (χ1) is 13.1. The van der Waals surface area contributed by atoms with Crippen LogP contribution in [-0.2, 0) is 14.9 Å². The molecule has 0 atom stereocenters. The average Bonchev–Trinajstić information content (AvgIpc) is 3.19. The largest absolute Gasteiger partial charge is 0.469 e. The van der Waals surface area contributed by atoms with Crippen LogP contribution >= 0.6 is 15.9 Å². The molecule has 2 aliphatic rings. The number of carbonyl (C=O) groups excluding carboxylic acids is 1. The molecule has 0 unspecified atom stereocenters. The number of halogens is 1. The van der Waals surface area contributed by atoms with Crippen LogP contribution in [-0.4, -0.2) is 50.6 Å². The molecule has 1 aromatic carbocycles. The third-order valence-corrected chi connectivity index (χ3v) is 6.67. The Hall–Kier alpha value is -1.56. The van der Waals surface area contributed by atoms with Gasteiger partial charge in [-0.1, -0.05) is 40.9 Å². The normalized spacial score (nSPS) is 20.6. The fraction of sp³-hybridized carbons (Fsp3) is 0.619. The van der Waals surface area contributed by atoms with Gasteiger partial charge in [0.25, 0.3) is 0 Å². The van der Waals surface area contributed by atoms with Crippen molar-refractivity contribution in [2.45, 2.75) is 43.9 Å². The Labute approximate surface area is 170 Å². The number of guanidine groups is 1. The number of nitrogens with zero attached hydrogens (tertiary/aromatic N) is 2. The van der Waals surface area contributed by atoms with Crippen LogP contribution < -0.4 is 5.32 Å². The Balaban J connectivity index is 1.63. The van der Waals surface area contributed by atoms with Crippen LogP contribution in [0.5, 0.6) is 0 Å². The Morgan fingerprint density at radius 1 is 1.26 bits per heavy atom. The molecule has 0 bridgehead atoms. The second kappa shape index (κ2) is 9.09. The summed E-state index contributed by atoms with van der Waals surface area (Å²) in [6.45, 7) is 2.58. The van der Waals surface area contributed by atoms with Crippen molar-refractivity contribution in [3.8, 4) is 0 Å². The van der Waals surface area contributed by atoms with Gasteiger partial charge in [0.15, 0.2) is 5.96 Å². The number of methoxy groups -OCH3 is 1. The van der Waals surface area contributed by atoms with Gasteiger partial charge in [-0.25, -0.2) is 0 Å². The number of piperidine rings is 1. The Kier molecular flexibility index (Phi) is 6.79. The van der Waals surface area contributed by atoms with Gasteiger partial charge < -0.3 is 15.0 Å². The van der Waals surface area contributed by atoms with E-state index < -0.39 is 0 Å². The molecule has 0 spiro atoms. The smallest absolute Gasteiger partial charge is 0.308 e. The fourth-order valence-corrected chi connectivity index (χ4v) is 4.76. The zero-order valence-corrected chi connectivity index (χ0v) is 17.9. The van der Waals surface area contributed by atoms with Gasteiger partial charge in [0.05, 0.1) is 13.0 Å². The third-order valence-electron chi connectivity index (χ3n) is 6.14. The molecule has 1 aromatic rings. The summed E-state index contributed by atoms with van der Waals surface area (Å²) in [7, 11) is 3.31. The Morgan fingerprint density at radius 3 is 2.44 bits per heavy atom. The van der Waals surface area contributed by atoms with E-state index in [4.69, 9.17) is 4.74 Å². The number of likely N-dealkylation sites (tertiary alicyclic amines) is 1.